The summed E-state index contributed by atoms with van der Waals surface area (Å²) in [6, 6.07) is 8.29. The number of fused-ring (bicyclic) bond motifs is 1. The van der Waals surface area contributed by atoms with Crippen molar-refractivity contribution in [3.8, 4) is 0 Å². The van der Waals surface area contributed by atoms with E-state index in [9.17, 15) is 0 Å². The summed E-state index contributed by atoms with van der Waals surface area (Å²) >= 11 is 0. The molecule has 0 atom stereocenters. The van der Waals surface area contributed by atoms with E-state index in [-0.39, 0.29) is 0 Å². The standard InChI is InChI=1S/C15H22N4/c1-17-6-8-18(9-7-17)10-11-19-5-4-13-12-14(16)2-3-15(13)19/h2-5,12H,6-11,16H2,1H3. The molecule has 102 valence electrons. The Bertz CT molecular complexity index is 552. The molecule has 3 rings (SSSR count). The lowest BCUT2D eigenvalue weighted by Crippen LogP contribution is -2.45. The fourth-order valence-electron chi connectivity index (χ4n) is 2.73. The van der Waals surface area contributed by atoms with Crippen LogP contribution in [0.2, 0.25) is 0 Å². The van der Waals surface area contributed by atoms with Gasteiger partial charge in [-0.2, -0.15) is 0 Å². The van der Waals surface area contributed by atoms with Crippen LogP contribution in [0.1, 0.15) is 0 Å². The van der Waals surface area contributed by atoms with Crippen LogP contribution >= 0.6 is 0 Å². The van der Waals surface area contributed by atoms with E-state index in [0.29, 0.717) is 0 Å². The Labute approximate surface area is 114 Å². The van der Waals surface area contributed by atoms with Gasteiger partial charge in [-0.1, -0.05) is 0 Å². The van der Waals surface area contributed by atoms with Gasteiger partial charge in [0.2, 0.25) is 0 Å². The van der Waals surface area contributed by atoms with Crippen molar-refractivity contribution in [1.82, 2.24) is 14.4 Å². The molecule has 1 aromatic heterocycles. The summed E-state index contributed by atoms with van der Waals surface area (Å²) in [7, 11) is 2.20. The van der Waals surface area contributed by atoms with Crippen molar-refractivity contribution in [3.63, 3.8) is 0 Å². The van der Waals surface area contributed by atoms with Crippen LogP contribution in [0.4, 0.5) is 5.69 Å². The van der Waals surface area contributed by atoms with Gasteiger partial charge in [0.05, 0.1) is 0 Å². The van der Waals surface area contributed by atoms with E-state index >= 15 is 0 Å². The minimum atomic E-state index is 0.837. The van der Waals surface area contributed by atoms with E-state index < -0.39 is 0 Å². The Morgan fingerprint density at radius 3 is 2.63 bits per heavy atom. The number of rotatable bonds is 3. The first-order valence-electron chi connectivity index (χ1n) is 6.98. The van der Waals surface area contributed by atoms with Gasteiger partial charge in [-0.25, -0.2) is 0 Å². The third-order valence-corrected chi connectivity index (χ3v) is 4.05. The highest BCUT2D eigenvalue weighted by Crippen LogP contribution is 2.18. The van der Waals surface area contributed by atoms with Crippen molar-refractivity contribution in [3.05, 3.63) is 30.5 Å². The zero-order valence-electron chi connectivity index (χ0n) is 11.5. The molecular weight excluding hydrogens is 236 g/mol. The average molecular weight is 258 g/mol. The molecule has 2 aromatic rings. The lowest BCUT2D eigenvalue weighted by molar-refractivity contribution is 0.150. The molecule has 1 saturated heterocycles. The molecule has 1 aliphatic heterocycles. The van der Waals surface area contributed by atoms with Gasteiger partial charge in [0.25, 0.3) is 0 Å². The second-order valence-electron chi connectivity index (χ2n) is 5.47. The van der Waals surface area contributed by atoms with Crippen LogP contribution in [-0.4, -0.2) is 54.1 Å². The number of hydrogen-bond acceptors (Lipinski definition) is 3. The van der Waals surface area contributed by atoms with Crippen molar-refractivity contribution < 1.29 is 0 Å². The summed E-state index contributed by atoms with van der Waals surface area (Å²) in [5.41, 5.74) is 7.93. The van der Waals surface area contributed by atoms with E-state index in [0.717, 1.165) is 18.8 Å². The maximum Gasteiger partial charge on any atom is 0.0482 e. The lowest BCUT2D eigenvalue weighted by Gasteiger charge is -2.32. The maximum absolute atomic E-state index is 5.81. The highest BCUT2D eigenvalue weighted by atomic mass is 15.2. The highest BCUT2D eigenvalue weighted by molar-refractivity contribution is 5.83. The zero-order valence-corrected chi connectivity index (χ0v) is 11.5. The van der Waals surface area contributed by atoms with Crippen molar-refractivity contribution in [2.75, 3.05) is 45.5 Å². The monoisotopic (exact) mass is 258 g/mol. The first-order valence-corrected chi connectivity index (χ1v) is 6.98. The van der Waals surface area contributed by atoms with E-state index in [1.54, 1.807) is 0 Å². The molecule has 0 bridgehead atoms. The molecule has 4 heteroatoms. The smallest absolute Gasteiger partial charge is 0.0482 e. The molecule has 4 nitrogen and oxygen atoms in total. The first kappa shape index (κ1) is 12.5. The summed E-state index contributed by atoms with van der Waals surface area (Å²) in [5, 5.41) is 1.23. The molecule has 1 aliphatic rings. The van der Waals surface area contributed by atoms with E-state index in [2.05, 4.69) is 39.7 Å². The summed E-state index contributed by atoms with van der Waals surface area (Å²) in [6.07, 6.45) is 2.17. The third-order valence-electron chi connectivity index (χ3n) is 4.05. The third kappa shape index (κ3) is 2.74. The topological polar surface area (TPSA) is 37.4 Å². The summed E-state index contributed by atoms with van der Waals surface area (Å²) in [5.74, 6) is 0. The molecule has 0 radical (unpaired) electrons. The SMILES string of the molecule is CN1CCN(CCn2ccc3cc(N)ccc32)CC1. The van der Waals surface area contributed by atoms with Crippen LogP contribution in [0.5, 0.6) is 0 Å². The number of anilines is 1. The normalized spacial score (nSPS) is 18.2. The molecule has 19 heavy (non-hydrogen) atoms. The number of nitrogens with two attached hydrogens (primary N) is 1. The van der Waals surface area contributed by atoms with Gasteiger partial charge in [0, 0.05) is 62.1 Å². The van der Waals surface area contributed by atoms with Gasteiger partial charge >= 0.3 is 0 Å². The second-order valence-corrected chi connectivity index (χ2v) is 5.47. The Morgan fingerprint density at radius 2 is 1.84 bits per heavy atom. The fraction of sp³-hybridized carbons (Fsp3) is 0.467. The predicted octanol–water partition coefficient (Wildman–Crippen LogP) is 1.47. The van der Waals surface area contributed by atoms with Gasteiger partial charge in [0.15, 0.2) is 0 Å². The molecule has 0 spiro atoms. The molecule has 2 N–H and O–H groups in total. The number of likely N-dealkylation sites (N-methyl/N-ethyl adjacent to an activating group) is 1. The summed E-state index contributed by atoms with van der Waals surface area (Å²) in [6.45, 7) is 6.91. The van der Waals surface area contributed by atoms with Gasteiger partial charge in [-0.3, -0.25) is 4.90 Å². The Balaban J connectivity index is 1.65. The predicted molar refractivity (Wildman–Crippen MR) is 80.3 cm³/mol. The number of nitrogen functional groups attached to an aromatic ring is 1. The molecule has 0 saturated carbocycles. The summed E-state index contributed by atoms with van der Waals surface area (Å²) < 4.78 is 2.33. The molecule has 0 aliphatic carbocycles. The number of benzene rings is 1. The lowest BCUT2D eigenvalue weighted by atomic mass is 10.2. The number of hydrogen-bond donors (Lipinski definition) is 1. The van der Waals surface area contributed by atoms with Crippen molar-refractivity contribution in [1.29, 1.82) is 0 Å². The van der Waals surface area contributed by atoms with Gasteiger partial charge in [-0.15, -0.1) is 0 Å². The Hall–Kier alpha value is -1.52. The molecule has 0 unspecified atom stereocenters. The number of nitrogens with zero attached hydrogens (tertiary/aromatic N) is 3. The summed E-state index contributed by atoms with van der Waals surface area (Å²) in [4.78, 5) is 4.94. The Morgan fingerprint density at radius 1 is 1.05 bits per heavy atom. The minimum absolute atomic E-state index is 0.837. The Kier molecular flexibility index (Phi) is 3.44. The average Bonchev–Trinajstić information content (AvgIpc) is 2.80. The van der Waals surface area contributed by atoms with Crippen molar-refractivity contribution in [2.24, 2.45) is 0 Å². The van der Waals surface area contributed by atoms with Crippen LogP contribution < -0.4 is 5.73 Å². The van der Waals surface area contributed by atoms with Crippen LogP contribution in [0.3, 0.4) is 0 Å². The molecule has 2 heterocycles. The number of aromatic nitrogens is 1. The van der Waals surface area contributed by atoms with Crippen LogP contribution in [0.25, 0.3) is 10.9 Å². The van der Waals surface area contributed by atoms with Gasteiger partial charge in [0.1, 0.15) is 0 Å². The maximum atomic E-state index is 5.81. The first-order chi connectivity index (χ1) is 9.22. The largest absolute Gasteiger partial charge is 0.399 e. The highest BCUT2D eigenvalue weighted by Gasteiger charge is 2.13. The quantitative estimate of drug-likeness (QED) is 0.847. The van der Waals surface area contributed by atoms with Crippen LogP contribution in [-0.2, 0) is 6.54 Å². The second kappa shape index (κ2) is 5.23. The fourth-order valence-corrected chi connectivity index (χ4v) is 2.73. The minimum Gasteiger partial charge on any atom is -0.399 e. The van der Waals surface area contributed by atoms with E-state index in [4.69, 9.17) is 5.73 Å². The molecular formula is C15H22N4. The van der Waals surface area contributed by atoms with Crippen LogP contribution in [0.15, 0.2) is 30.5 Å². The number of piperazine rings is 1. The van der Waals surface area contributed by atoms with E-state index in [1.807, 2.05) is 12.1 Å². The van der Waals surface area contributed by atoms with Crippen LogP contribution in [0, 0.1) is 0 Å². The molecule has 1 aromatic carbocycles. The zero-order chi connectivity index (χ0) is 13.2. The van der Waals surface area contributed by atoms with Crippen molar-refractivity contribution in [2.45, 2.75) is 6.54 Å². The van der Waals surface area contributed by atoms with Gasteiger partial charge in [-0.05, 0) is 31.3 Å². The van der Waals surface area contributed by atoms with Crippen molar-refractivity contribution >= 4 is 16.6 Å². The van der Waals surface area contributed by atoms with Gasteiger partial charge < -0.3 is 15.2 Å². The van der Waals surface area contributed by atoms with E-state index in [1.165, 1.54) is 37.1 Å². The molecule has 1 fully saturated rings. The molecule has 0 amide bonds.